The molecule has 0 aromatic rings. The van der Waals surface area contributed by atoms with E-state index in [2.05, 4.69) is 0 Å². The lowest BCUT2D eigenvalue weighted by Gasteiger charge is -2.27. The Morgan fingerprint density at radius 1 is 0.783 bits per heavy atom. The van der Waals surface area contributed by atoms with E-state index in [1.807, 2.05) is 0 Å². The van der Waals surface area contributed by atoms with Crippen LogP contribution in [-0.2, 0) is 9.59 Å². The summed E-state index contributed by atoms with van der Waals surface area (Å²) < 4.78 is 98.3. The summed E-state index contributed by atoms with van der Waals surface area (Å²) in [6.45, 7) is 0.979. The molecule has 0 aromatic heterocycles. The molecule has 2 amide bonds. The van der Waals surface area contributed by atoms with Crippen molar-refractivity contribution in [1.29, 1.82) is 0 Å². The smallest absolute Gasteiger partial charge is 0.350 e. The van der Waals surface area contributed by atoms with Gasteiger partial charge in [0.25, 0.3) is 11.8 Å². The largest absolute Gasteiger partial charge is 0.383 e. The van der Waals surface area contributed by atoms with Crippen LogP contribution < -0.4 is 10.6 Å². The maximum Gasteiger partial charge on any atom is 0.383 e. The first-order chi connectivity index (χ1) is 10.1. The first-order valence-electron chi connectivity index (χ1n) is 6.03. The predicted octanol–water partition coefficient (Wildman–Crippen LogP) is 2.05. The Labute approximate surface area is 125 Å². The molecule has 136 valence electrons. The zero-order chi connectivity index (χ0) is 18.6. The van der Waals surface area contributed by atoms with Gasteiger partial charge in [-0.05, 0) is 5.41 Å². The van der Waals surface area contributed by atoms with Gasteiger partial charge in [0, 0.05) is 13.1 Å². The number of alkyl halides is 8. The van der Waals surface area contributed by atoms with Crippen molar-refractivity contribution in [2.45, 2.75) is 38.5 Å². The van der Waals surface area contributed by atoms with Gasteiger partial charge in [0.2, 0.25) is 0 Å². The van der Waals surface area contributed by atoms with E-state index in [0.717, 1.165) is 0 Å². The van der Waals surface area contributed by atoms with Crippen LogP contribution in [0.4, 0.5) is 35.1 Å². The molecule has 0 aliphatic heterocycles. The highest BCUT2D eigenvalue weighted by atomic mass is 19.3. The molecule has 4 nitrogen and oxygen atoms in total. The first kappa shape index (κ1) is 21.4. The van der Waals surface area contributed by atoms with Crippen molar-refractivity contribution in [2.24, 2.45) is 5.41 Å². The molecule has 0 aliphatic carbocycles. The van der Waals surface area contributed by atoms with Crippen LogP contribution in [0.25, 0.3) is 0 Å². The molecule has 0 aromatic carbocycles. The molecule has 2 N–H and O–H groups in total. The molecule has 0 heterocycles. The lowest BCUT2D eigenvalue weighted by atomic mass is 9.93. The van der Waals surface area contributed by atoms with Crippen LogP contribution in [0, 0.1) is 5.41 Å². The van der Waals surface area contributed by atoms with Crippen molar-refractivity contribution in [3.05, 3.63) is 0 Å². The van der Waals surface area contributed by atoms with Gasteiger partial charge >= 0.3 is 24.7 Å². The summed E-state index contributed by atoms with van der Waals surface area (Å²) in [6, 6.07) is 0. The second kappa shape index (κ2) is 7.30. The number of carbonyl (C=O) groups is 2. The van der Waals surface area contributed by atoms with Crippen LogP contribution in [0.2, 0.25) is 0 Å². The predicted molar refractivity (Wildman–Crippen MR) is 61.7 cm³/mol. The highest BCUT2D eigenvalue weighted by Gasteiger charge is 2.50. The van der Waals surface area contributed by atoms with E-state index in [1.165, 1.54) is 24.5 Å². The molecule has 0 fully saturated rings. The summed E-state index contributed by atoms with van der Waals surface area (Å²) in [5.74, 6) is -14.5. The third-order valence-electron chi connectivity index (χ3n) is 2.61. The monoisotopic (exact) mass is 358 g/mol. The van der Waals surface area contributed by atoms with E-state index >= 15 is 0 Å². The summed E-state index contributed by atoms with van der Waals surface area (Å²) in [4.78, 5) is 21.8. The number of halogens is 8. The fourth-order valence-corrected chi connectivity index (χ4v) is 1.14. The Hall–Kier alpha value is -1.62. The summed E-state index contributed by atoms with van der Waals surface area (Å²) >= 11 is 0. The Kier molecular flexibility index (Phi) is 6.79. The van der Waals surface area contributed by atoms with Gasteiger partial charge in [0.05, 0.1) is 0 Å². The number of nitrogens with one attached hydrogen (secondary N) is 2. The third kappa shape index (κ3) is 5.82. The highest BCUT2D eigenvalue weighted by molar-refractivity contribution is 5.84. The molecule has 0 atom stereocenters. The molecule has 0 aliphatic rings. The van der Waals surface area contributed by atoms with E-state index < -0.39 is 55.0 Å². The fraction of sp³-hybridized carbons (Fsp3) is 0.818. The number of hydrogen-bond donors (Lipinski definition) is 2. The number of amides is 2. The molecular formula is C11H14F8N2O2. The summed E-state index contributed by atoms with van der Waals surface area (Å²) in [6.07, 6.45) is -8.48. The topological polar surface area (TPSA) is 58.2 Å². The average molecular weight is 358 g/mol. The molecule has 0 radical (unpaired) electrons. The van der Waals surface area contributed by atoms with Crippen LogP contribution in [-0.4, -0.2) is 49.6 Å². The van der Waals surface area contributed by atoms with E-state index in [4.69, 9.17) is 0 Å². The minimum Gasteiger partial charge on any atom is -0.350 e. The van der Waals surface area contributed by atoms with Gasteiger partial charge in [-0.1, -0.05) is 13.8 Å². The molecule has 0 saturated carbocycles. The molecule has 12 heteroatoms. The normalized spacial score (nSPS) is 13.4. The number of carbonyl (C=O) groups excluding carboxylic acids is 2. The van der Waals surface area contributed by atoms with E-state index in [-0.39, 0.29) is 0 Å². The van der Waals surface area contributed by atoms with E-state index in [9.17, 15) is 44.7 Å². The van der Waals surface area contributed by atoms with Crippen LogP contribution in [0.15, 0.2) is 0 Å². The van der Waals surface area contributed by atoms with Crippen LogP contribution in [0.1, 0.15) is 13.8 Å². The van der Waals surface area contributed by atoms with Gasteiger partial charge in [0.15, 0.2) is 0 Å². The zero-order valence-electron chi connectivity index (χ0n) is 11.9. The second-order valence-corrected chi connectivity index (χ2v) is 5.38. The van der Waals surface area contributed by atoms with Gasteiger partial charge in [0.1, 0.15) is 0 Å². The molecule has 0 spiro atoms. The Bertz CT molecular complexity index is 402. The van der Waals surface area contributed by atoms with E-state index in [1.54, 1.807) is 0 Å². The van der Waals surface area contributed by atoms with Gasteiger partial charge in [-0.3, -0.25) is 9.59 Å². The maximum absolute atomic E-state index is 12.7. The van der Waals surface area contributed by atoms with Crippen LogP contribution in [0.3, 0.4) is 0 Å². The standard InChI is InChI=1S/C11H14F8N2O2/c1-9(2,3-20-7(22)10(16,17)5(12)13)4-21-8(23)11(18,19)6(14)15/h5-6H,3-4H2,1-2H3,(H,20,22)(H,21,23). The van der Waals surface area contributed by atoms with Crippen molar-refractivity contribution in [1.82, 2.24) is 10.6 Å². The van der Waals surface area contributed by atoms with Crippen molar-refractivity contribution in [3.63, 3.8) is 0 Å². The SMILES string of the molecule is CC(C)(CNC(=O)C(F)(F)C(F)F)CNC(=O)C(F)(F)C(F)F. The Balaban J connectivity index is 4.57. The molecule has 0 bridgehead atoms. The molecule has 0 unspecified atom stereocenters. The summed E-state index contributed by atoms with van der Waals surface area (Å²) in [5, 5.41) is 2.95. The Morgan fingerprint density at radius 3 is 1.26 bits per heavy atom. The third-order valence-corrected chi connectivity index (χ3v) is 2.61. The van der Waals surface area contributed by atoms with Gasteiger partial charge in [-0.15, -0.1) is 0 Å². The van der Waals surface area contributed by atoms with Crippen molar-refractivity contribution < 1.29 is 44.7 Å². The van der Waals surface area contributed by atoms with Crippen LogP contribution in [0.5, 0.6) is 0 Å². The van der Waals surface area contributed by atoms with Gasteiger partial charge in [-0.25, -0.2) is 17.6 Å². The number of rotatable bonds is 8. The Morgan fingerprint density at radius 2 is 1.04 bits per heavy atom. The van der Waals surface area contributed by atoms with Gasteiger partial charge < -0.3 is 10.6 Å². The minimum absolute atomic E-state index is 0.700. The second-order valence-electron chi connectivity index (χ2n) is 5.38. The van der Waals surface area contributed by atoms with Crippen LogP contribution >= 0.6 is 0 Å². The van der Waals surface area contributed by atoms with Crippen molar-refractivity contribution in [2.75, 3.05) is 13.1 Å². The quantitative estimate of drug-likeness (QED) is 0.653. The molecular weight excluding hydrogens is 344 g/mol. The minimum atomic E-state index is -4.94. The lowest BCUT2D eigenvalue weighted by Crippen LogP contribution is -2.51. The molecule has 0 saturated heterocycles. The summed E-state index contributed by atoms with van der Waals surface area (Å²) in [5.41, 5.74) is -1.35. The number of hydrogen-bond acceptors (Lipinski definition) is 2. The molecule has 23 heavy (non-hydrogen) atoms. The first-order valence-corrected chi connectivity index (χ1v) is 6.03. The van der Waals surface area contributed by atoms with E-state index in [0.29, 0.717) is 0 Å². The summed E-state index contributed by atoms with van der Waals surface area (Å²) in [7, 11) is 0. The zero-order valence-corrected chi connectivity index (χ0v) is 11.9. The van der Waals surface area contributed by atoms with Crippen molar-refractivity contribution in [3.8, 4) is 0 Å². The van der Waals surface area contributed by atoms with Gasteiger partial charge in [-0.2, -0.15) is 17.6 Å². The average Bonchev–Trinajstić information content (AvgIpc) is 2.41. The maximum atomic E-state index is 12.7. The highest BCUT2D eigenvalue weighted by Crippen LogP contribution is 2.25. The fourth-order valence-electron chi connectivity index (χ4n) is 1.14. The molecule has 0 rings (SSSR count). The lowest BCUT2D eigenvalue weighted by molar-refractivity contribution is -0.170. The van der Waals surface area contributed by atoms with Crippen molar-refractivity contribution >= 4 is 11.8 Å².